The number of carbonyl (C=O) groups excluding carboxylic acids is 1. The van der Waals surface area contributed by atoms with Gasteiger partial charge in [0.25, 0.3) is 10.1 Å². The topological polar surface area (TPSA) is 91.4 Å². The molecule has 1 fully saturated rings. The second kappa shape index (κ2) is 11.6. The molecular formula is C21H33NO7S. The van der Waals surface area contributed by atoms with Gasteiger partial charge in [-0.25, -0.2) is 4.79 Å². The van der Waals surface area contributed by atoms with Gasteiger partial charge in [-0.05, 0) is 39.2 Å². The van der Waals surface area contributed by atoms with E-state index in [0.29, 0.717) is 31.9 Å². The maximum Gasteiger partial charge on any atom is 0.410 e. The van der Waals surface area contributed by atoms with Crippen LogP contribution in [0.5, 0.6) is 0 Å². The lowest BCUT2D eigenvalue weighted by Crippen LogP contribution is -2.43. The van der Waals surface area contributed by atoms with Crippen molar-refractivity contribution in [1.82, 2.24) is 4.90 Å². The van der Waals surface area contributed by atoms with E-state index in [2.05, 4.69) is 0 Å². The van der Waals surface area contributed by atoms with Gasteiger partial charge in [-0.2, -0.15) is 8.42 Å². The second-order valence-electron chi connectivity index (χ2n) is 8.16. The Kier molecular flexibility index (Phi) is 9.54. The molecule has 2 rings (SSSR count). The fourth-order valence-corrected chi connectivity index (χ4v) is 3.95. The van der Waals surface area contributed by atoms with Crippen molar-refractivity contribution in [2.75, 3.05) is 39.5 Å². The summed E-state index contributed by atoms with van der Waals surface area (Å²) >= 11 is 0. The fraction of sp³-hybridized carbons (Fsp3) is 0.667. The Balaban J connectivity index is 1.51. The largest absolute Gasteiger partial charge is 0.444 e. The Morgan fingerprint density at radius 2 is 1.67 bits per heavy atom. The molecular weight excluding hydrogens is 410 g/mol. The molecule has 0 spiro atoms. The molecule has 1 amide bonds. The number of carbonyl (C=O) groups is 1. The molecule has 0 aliphatic carbocycles. The average Bonchev–Trinajstić information content (AvgIpc) is 2.67. The standard InChI is InChI=1S/C21H33NO7S/c1-21(2,3)29-20(23)22-11-9-19(10-12-22)27-15-13-26-14-16-28-30(24,25)17-18-7-5-4-6-8-18/h4-8,19H,9-17H2,1-3H3. The summed E-state index contributed by atoms with van der Waals surface area (Å²) in [4.78, 5) is 13.7. The van der Waals surface area contributed by atoms with E-state index in [0.717, 1.165) is 12.8 Å². The van der Waals surface area contributed by atoms with Crippen LogP contribution in [0.25, 0.3) is 0 Å². The van der Waals surface area contributed by atoms with Crippen molar-refractivity contribution in [1.29, 1.82) is 0 Å². The van der Waals surface area contributed by atoms with Crippen molar-refractivity contribution < 1.29 is 31.6 Å². The molecule has 1 aliphatic heterocycles. The first-order valence-corrected chi connectivity index (χ1v) is 11.8. The third kappa shape index (κ3) is 9.88. The molecule has 1 aromatic carbocycles. The normalized spacial score (nSPS) is 15.9. The maximum atomic E-state index is 12.0. The van der Waals surface area contributed by atoms with Gasteiger partial charge in [0.2, 0.25) is 0 Å². The van der Waals surface area contributed by atoms with E-state index in [-0.39, 0.29) is 31.2 Å². The summed E-state index contributed by atoms with van der Waals surface area (Å²) in [5.74, 6) is -0.154. The number of piperidine rings is 1. The average molecular weight is 444 g/mol. The van der Waals surface area contributed by atoms with Gasteiger partial charge in [0.05, 0.1) is 32.5 Å². The predicted molar refractivity (Wildman–Crippen MR) is 113 cm³/mol. The molecule has 0 N–H and O–H groups in total. The lowest BCUT2D eigenvalue weighted by molar-refractivity contribution is -0.0312. The first-order valence-electron chi connectivity index (χ1n) is 10.2. The van der Waals surface area contributed by atoms with E-state index < -0.39 is 15.7 Å². The molecule has 0 saturated carbocycles. The minimum absolute atomic E-state index is 0.0244. The molecule has 170 valence electrons. The number of hydrogen-bond donors (Lipinski definition) is 0. The van der Waals surface area contributed by atoms with Gasteiger partial charge in [0, 0.05) is 13.1 Å². The Morgan fingerprint density at radius 1 is 1.03 bits per heavy atom. The molecule has 8 nitrogen and oxygen atoms in total. The van der Waals surface area contributed by atoms with Crippen LogP contribution in [0.15, 0.2) is 30.3 Å². The minimum Gasteiger partial charge on any atom is -0.444 e. The Bertz CT molecular complexity index is 738. The lowest BCUT2D eigenvalue weighted by Gasteiger charge is -2.33. The van der Waals surface area contributed by atoms with Crippen LogP contribution in [0.2, 0.25) is 0 Å². The second-order valence-corrected chi connectivity index (χ2v) is 9.80. The summed E-state index contributed by atoms with van der Waals surface area (Å²) in [6.45, 7) is 7.68. The molecule has 1 aliphatic rings. The molecule has 1 aromatic rings. The van der Waals surface area contributed by atoms with E-state index in [1.165, 1.54) is 0 Å². The monoisotopic (exact) mass is 443 g/mol. The quantitative estimate of drug-likeness (QED) is 0.405. The zero-order chi connectivity index (χ0) is 22.0. The molecule has 0 radical (unpaired) electrons. The molecule has 0 unspecified atom stereocenters. The smallest absolute Gasteiger partial charge is 0.410 e. The number of benzene rings is 1. The number of hydrogen-bond acceptors (Lipinski definition) is 7. The summed E-state index contributed by atoms with van der Waals surface area (Å²) in [6, 6.07) is 8.89. The van der Waals surface area contributed by atoms with Gasteiger partial charge in [-0.15, -0.1) is 0 Å². The van der Waals surface area contributed by atoms with E-state index >= 15 is 0 Å². The van der Waals surface area contributed by atoms with E-state index in [4.69, 9.17) is 18.4 Å². The molecule has 1 heterocycles. The Labute approximate surface area is 179 Å². The summed E-state index contributed by atoms with van der Waals surface area (Å²) in [6.07, 6.45) is 1.29. The Morgan fingerprint density at radius 3 is 2.30 bits per heavy atom. The van der Waals surface area contributed by atoms with Crippen molar-refractivity contribution in [3.63, 3.8) is 0 Å². The van der Waals surface area contributed by atoms with Crippen LogP contribution in [0.3, 0.4) is 0 Å². The molecule has 30 heavy (non-hydrogen) atoms. The van der Waals surface area contributed by atoms with Crippen LogP contribution < -0.4 is 0 Å². The first kappa shape index (κ1) is 24.6. The summed E-state index contributed by atoms with van der Waals surface area (Å²) in [7, 11) is -3.62. The highest BCUT2D eigenvalue weighted by Crippen LogP contribution is 2.17. The van der Waals surface area contributed by atoms with Crippen LogP contribution in [0.4, 0.5) is 4.79 Å². The van der Waals surface area contributed by atoms with E-state index in [9.17, 15) is 13.2 Å². The maximum absolute atomic E-state index is 12.0. The molecule has 1 saturated heterocycles. The molecule has 9 heteroatoms. The van der Waals surface area contributed by atoms with Gasteiger partial charge < -0.3 is 19.1 Å². The predicted octanol–water partition coefficient (Wildman–Crippen LogP) is 2.97. The summed E-state index contributed by atoms with van der Waals surface area (Å²) < 4.78 is 45.3. The molecule has 0 bridgehead atoms. The lowest BCUT2D eigenvalue weighted by atomic mass is 10.1. The number of ether oxygens (including phenoxy) is 3. The van der Waals surface area contributed by atoms with Crippen LogP contribution in [-0.4, -0.2) is 70.6 Å². The third-order valence-corrected chi connectivity index (χ3v) is 5.56. The number of likely N-dealkylation sites (tertiary alicyclic amines) is 1. The molecule has 0 atom stereocenters. The van der Waals surface area contributed by atoms with Gasteiger partial charge >= 0.3 is 6.09 Å². The highest BCUT2D eigenvalue weighted by molar-refractivity contribution is 7.85. The third-order valence-electron chi connectivity index (χ3n) is 4.35. The number of rotatable bonds is 10. The van der Waals surface area contributed by atoms with Gasteiger partial charge in [0.1, 0.15) is 11.4 Å². The number of amides is 1. The van der Waals surface area contributed by atoms with Crippen molar-refractivity contribution in [3.05, 3.63) is 35.9 Å². The van der Waals surface area contributed by atoms with Gasteiger partial charge in [-0.1, -0.05) is 30.3 Å². The van der Waals surface area contributed by atoms with Crippen LogP contribution >= 0.6 is 0 Å². The van der Waals surface area contributed by atoms with Crippen molar-refractivity contribution in [2.24, 2.45) is 0 Å². The molecule has 0 aromatic heterocycles. The van der Waals surface area contributed by atoms with Crippen molar-refractivity contribution in [3.8, 4) is 0 Å². The highest BCUT2D eigenvalue weighted by Gasteiger charge is 2.27. The van der Waals surface area contributed by atoms with Crippen LogP contribution in [0.1, 0.15) is 39.2 Å². The van der Waals surface area contributed by atoms with Crippen molar-refractivity contribution in [2.45, 2.75) is 51.1 Å². The summed E-state index contributed by atoms with van der Waals surface area (Å²) in [5, 5.41) is 0. The summed E-state index contributed by atoms with van der Waals surface area (Å²) in [5.41, 5.74) is 0.191. The Hall–Kier alpha value is -1.68. The van der Waals surface area contributed by atoms with Crippen LogP contribution in [-0.2, 0) is 34.3 Å². The minimum atomic E-state index is -3.62. The van der Waals surface area contributed by atoms with E-state index in [1.807, 2.05) is 26.8 Å². The highest BCUT2D eigenvalue weighted by atomic mass is 32.2. The van der Waals surface area contributed by atoms with E-state index in [1.54, 1.807) is 29.2 Å². The zero-order valence-electron chi connectivity index (χ0n) is 18.0. The van der Waals surface area contributed by atoms with Crippen LogP contribution in [0, 0.1) is 0 Å². The van der Waals surface area contributed by atoms with Gasteiger partial charge in [0.15, 0.2) is 0 Å². The van der Waals surface area contributed by atoms with Gasteiger partial charge in [-0.3, -0.25) is 4.18 Å². The fourth-order valence-electron chi connectivity index (χ4n) is 2.95. The first-order chi connectivity index (χ1) is 14.1. The number of nitrogens with zero attached hydrogens (tertiary/aromatic N) is 1. The van der Waals surface area contributed by atoms with Crippen molar-refractivity contribution >= 4 is 16.2 Å². The zero-order valence-corrected chi connectivity index (χ0v) is 18.9. The SMILES string of the molecule is CC(C)(C)OC(=O)N1CCC(OCCOCCOS(=O)(=O)Cc2ccccc2)CC1.